The molecule has 0 saturated carbocycles. The fraction of sp³-hybridized carbons (Fsp3) is 0.350. The van der Waals surface area contributed by atoms with Crippen molar-refractivity contribution in [3.05, 3.63) is 63.9 Å². The van der Waals surface area contributed by atoms with Gasteiger partial charge in [-0.1, -0.05) is 29.8 Å². The molecular weight excluding hydrogens is 396 g/mol. The summed E-state index contributed by atoms with van der Waals surface area (Å²) in [5, 5.41) is 3.74. The Bertz CT molecular complexity index is 868. The highest BCUT2D eigenvalue weighted by Crippen LogP contribution is 2.34. The van der Waals surface area contributed by atoms with E-state index < -0.39 is 12.1 Å². The highest BCUT2D eigenvalue weighted by Gasteiger charge is 2.42. The summed E-state index contributed by atoms with van der Waals surface area (Å²) in [5.74, 6) is -2.16. The number of alkyl halides is 3. The molecule has 28 heavy (non-hydrogen) atoms. The quantitative estimate of drug-likeness (QED) is 0.705. The molecule has 0 spiro atoms. The maximum absolute atomic E-state index is 13.1. The lowest BCUT2D eigenvalue weighted by molar-refractivity contribution is -0.185. The van der Waals surface area contributed by atoms with E-state index in [4.69, 9.17) is 11.6 Å². The number of nitrogens with one attached hydrogen (secondary N) is 1. The molecule has 1 atom stereocenters. The van der Waals surface area contributed by atoms with Crippen LogP contribution in [0.5, 0.6) is 0 Å². The van der Waals surface area contributed by atoms with Crippen molar-refractivity contribution >= 4 is 23.2 Å². The molecule has 0 radical (unpaired) electrons. The van der Waals surface area contributed by atoms with Crippen molar-refractivity contribution in [1.82, 2.24) is 4.90 Å². The number of benzene rings is 2. The van der Waals surface area contributed by atoms with Crippen LogP contribution in [-0.2, 0) is 17.6 Å². The lowest BCUT2D eigenvalue weighted by atomic mass is 9.99. The van der Waals surface area contributed by atoms with Gasteiger partial charge in [-0.15, -0.1) is 0 Å². The van der Waals surface area contributed by atoms with Gasteiger partial charge in [0.2, 0.25) is 0 Å². The van der Waals surface area contributed by atoms with Gasteiger partial charge in [0.05, 0.1) is 10.7 Å². The van der Waals surface area contributed by atoms with Gasteiger partial charge in [0.1, 0.15) is 5.82 Å². The van der Waals surface area contributed by atoms with E-state index in [1.807, 2.05) is 6.92 Å². The SMILES string of the molecule is C[C@H](Nc1c(Cl)ccc2c1CCN(C(=O)C(F)(F)F)CC2)c1ccc(F)cc1. The minimum Gasteiger partial charge on any atom is -0.377 e. The Hall–Kier alpha value is -2.28. The van der Waals surface area contributed by atoms with Crippen LogP contribution in [0, 0.1) is 5.82 Å². The first-order chi connectivity index (χ1) is 13.2. The molecular formula is C20H19ClF4N2O. The average molecular weight is 415 g/mol. The zero-order valence-corrected chi connectivity index (χ0v) is 15.9. The van der Waals surface area contributed by atoms with Crippen LogP contribution in [0.2, 0.25) is 5.02 Å². The third-order valence-electron chi connectivity index (χ3n) is 4.90. The number of nitrogens with zero attached hydrogens (tertiary/aromatic N) is 1. The Morgan fingerprint density at radius 1 is 1.11 bits per heavy atom. The summed E-state index contributed by atoms with van der Waals surface area (Å²) in [5.41, 5.74) is 3.14. The van der Waals surface area contributed by atoms with E-state index >= 15 is 0 Å². The number of carbonyl (C=O) groups is 1. The summed E-state index contributed by atoms with van der Waals surface area (Å²) < 4.78 is 51.5. The van der Waals surface area contributed by atoms with Crippen molar-refractivity contribution in [2.75, 3.05) is 18.4 Å². The van der Waals surface area contributed by atoms with Gasteiger partial charge in [0.25, 0.3) is 0 Å². The average Bonchev–Trinajstić information content (AvgIpc) is 2.86. The van der Waals surface area contributed by atoms with Gasteiger partial charge < -0.3 is 10.2 Å². The summed E-state index contributed by atoms with van der Waals surface area (Å²) in [4.78, 5) is 12.4. The number of halogens is 5. The zero-order valence-electron chi connectivity index (χ0n) is 15.1. The summed E-state index contributed by atoms with van der Waals surface area (Å²) in [6, 6.07) is 9.33. The minimum atomic E-state index is -4.88. The number of anilines is 1. The topological polar surface area (TPSA) is 32.3 Å². The predicted molar refractivity (Wildman–Crippen MR) is 99.9 cm³/mol. The first-order valence-corrected chi connectivity index (χ1v) is 9.23. The van der Waals surface area contributed by atoms with Crippen molar-refractivity contribution in [2.24, 2.45) is 0 Å². The summed E-state index contributed by atoms with van der Waals surface area (Å²) in [6.45, 7) is 1.85. The normalized spacial score (nSPS) is 15.6. The Morgan fingerprint density at radius 2 is 1.75 bits per heavy atom. The number of hydrogen-bond donors (Lipinski definition) is 1. The molecule has 0 saturated heterocycles. The van der Waals surface area contributed by atoms with Gasteiger partial charge in [-0.05, 0) is 54.7 Å². The van der Waals surface area contributed by atoms with Crippen LogP contribution in [0.15, 0.2) is 36.4 Å². The predicted octanol–water partition coefficient (Wildman–Crippen LogP) is 5.14. The standard InChI is InChI=1S/C20H19ClF4N2O/c1-12(13-2-5-15(22)6-3-13)26-18-16-9-11-27(19(28)20(23,24)25)10-8-14(16)4-7-17(18)21/h2-7,12,26H,8-11H2,1H3/t12-/m0/s1. The van der Waals surface area contributed by atoms with E-state index in [-0.39, 0.29) is 31.4 Å². The van der Waals surface area contributed by atoms with Crippen molar-refractivity contribution in [3.8, 4) is 0 Å². The minimum absolute atomic E-state index is 0.0000680. The van der Waals surface area contributed by atoms with Crippen molar-refractivity contribution < 1.29 is 22.4 Å². The molecule has 1 N–H and O–H groups in total. The molecule has 1 amide bonds. The van der Waals surface area contributed by atoms with Gasteiger partial charge >= 0.3 is 12.1 Å². The van der Waals surface area contributed by atoms with Crippen LogP contribution >= 0.6 is 11.6 Å². The third kappa shape index (κ3) is 4.41. The van der Waals surface area contributed by atoms with Crippen LogP contribution in [0.1, 0.15) is 29.7 Å². The van der Waals surface area contributed by atoms with Crippen molar-refractivity contribution in [1.29, 1.82) is 0 Å². The highest BCUT2D eigenvalue weighted by molar-refractivity contribution is 6.33. The smallest absolute Gasteiger partial charge is 0.377 e. The molecule has 0 aromatic heterocycles. The molecule has 0 unspecified atom stereocenters. The maximum Gasteiger partial charge on any atom is 0.471 e. The van der Waals surface area contributed by atoms with Crippen LogP contribution in [0.25, 0.3) is 0 Å². The maximum atomic E-state index is 13.1. The zero-order chi connectivity index (χ0) is 20.5. The summed E-state index contributed by atoms with van der Waals surface area (Å²) >= 11 is 6.36. The molecule has 2 aromatic rings. The number of carbonyl (C=O) groups excluding carboxylic acids is 1. The van der Waals surface area contributed by atoms with Gasteiger partial charge in [0, 0.05) is 19.1 Å². The first kappa shape index (κ1) is 20.5. The van der Waals surface area contributed by atoms with Gasteiger partial charge in [-0.3, -0.25) is 4.79 Å². The van der Waals surface area contributed by atoms with Crippen molar-refractivity contribution in [3.63, 3.8) is 0 Å². The van der Waals surface area contributed by atoms with E-state index in [2.05, 4.69) is 5.32 Å². The number of amides is 1. The van der Waals surface area contributed by atoms with Crippen LogP contribution in [-0.4, -0.2) is 30.1 Å². The molecule has 1 aliphatic rings. The monoisotopic (exact) mass is 414 g/mol. The Kier molecular flexibility index (Phi) is 5.84. The van der Waals surface area contributed by atoms with Crippen LogP contribution in [0.3, 0.4) is 0 Å². The lowest BCUT2D eigenvalue weighted by Crippen LogP contribution is -2.42. The van der Waals surface area contributed by atoms with E-state index in [9.17, 15) is 22.4 Å². The van der Waals surface area contributed by atoms with Gasteiger partial charge in [-0.2, -0.15) is 13.2 Å². The second-order valence-corrected chi connectivity index (χ2v) is 7.17. The molecule has 150 valence electrons. The second kappa shape index (κ2) is 7.99. The molecule has 1 heterocycles. The number of rotatable bonds is 3. The molecule has 1 aliphatic heterocycles. The summed E-state index contributed by atoms with van der Waals surface area (Å²) in [7, 11) is 0. The molecule has 0 bridgehead atoms. The first-order valence-electron chi connectivity index (χ1n) is 8.85. The molecule has 0 fully saturated rings. The Morgan fingerprint density at radius 3 is 2.39 bits per heavy atom. The van der Waals surface area contributed by atoms with Crippen molar-refractivity contribution in [2.45, 2.75) is 32.0 Å². The summed E-state index contributed by atoms with van der Waals surface area (Å²) in [6.07, 6.45) is -4.31. The van der Waals surface area contributed by atoms with E-state index in [0.717, 1.165) is 21.6 Å². The third-order valence-corrected chi connectivity index (χ3v) is 5.22. The molecule has 2 aromatic carbocycles. The Balaban J connectivity index is 1.84. The lowest BCUT2D eigenvalue weighted by Gasteiger charge is -2.22. The fourth-order valence-electron chi connectivity index (χ4n) is 3.39. The second-order valence-electron chi connectivity index (χ2n) is 6.77. The van der Waals surface area contributed by atoms with Gasteiger partial charge in [0.15, 0.2) is 0 Å². The molecule has 3 nitrogen and oxygen atoms in total. The van der Waals surface area contributed by atoms with E-state index in [1.165, 1.54) is 12.1 Å². The number of hydrogen-bond acceptors (Lipinski definition) is 2. The highest BCUT2D eigenvalue weighted by atomic mass is 35.5. The van der Waals surface area contributed by atoms with Gasteiger partial charge in [-0.25, -0.2) is 4.39 Å². The fourth-order valence-corrected chi connectivity index (χ4v) is 3.62. The van der Waals surface area contributed by atoms with E-state index in [0.29, 0.717) is 17.1 Å². The molecule has 0 aliphatic carbocycles. The number of fused-ring (bicyclic) bond motifs is 1. The van der Waals surface area contributed by atoms with Crippen LogP contribution < -0.4 is 5.32 Å². The Labute approximate surface area is 165 Å². The van der Waals surface area contributed by atoms with E-state index in [1.54, 1.807) is 24.3 Å². The van der Waals surface area contributed by atoms with Crippen LogP contribution in [0.4, 0.5) is 23.2 Å². The molecule has 3 rings (SSSR count). The molecule has 8 heteroatoms. The largest absolute Gasteiger partial charge is 0.471 e.